The third kappa shape index (κ3) is 2.78. The Bertz CT molecular complexity index is 481. The number of carbonyl (C=O) groups is 2. The molecule has 2 atom stereocenters. The van der Waals surface area contributed by atoms with Gasteiger partial charge in [-0.1, -0.05) is 31.2 Å². The van der Waals surface area contributed by atoms with E-state index in [4.69, 9.17) is 5.11 Å². The molecule has 1 aromatic rings. The van der Waals surface area contributed by atoms with E-state index >= 15 is 0 Å². The first-order valence-electron chi connectivity index (χ1n) is 6.64. The van der Waals surface area contributed by atoms with Crippen LogP contribution in [0.5, 0.6) is 0 Å². The molecule has 1 heterocycles. The van der Waals surface area contributed by atoms with E-state index in [9.17, 15) is 9.59 Å². The molecular formula is C15H19NO3. The lowest BCUT2D eigenvalue weighted by Gasteiger charge is -2.25. The van der Waals surface area contributed by atoms with Crippen LogP contribution in [0, 0.1) is 5.92 Å². The minimum absolute atomic E-state index is 0.0669. The van der Waals surface area contributed by atoms with Crippen molar-refractivity contribution in [3.8, 4) is 0 Å². The Morgan fingerprint density at radius 2 is 2.05 bits per heavy atom. The Morgan fingerprint density at radius 3 is 2.53 bits per heavy atom. The van der Waals surface area contributed by atoms with Gasteiger partial charge in [0.2, 0.25) is 5.91 Å². The number of hydrogen-bond acceptors (Lipinski definition) is 2. The van der Waals surface area contributed by atoms with E-state index < -0.39 is 11.9 Å². The molecule has 1 fully saturated rings. The van der Waals surface area contributed by atoms with Gasteiger partial charge in [-0.15, -0.1) is 0 Å². The van der Waals surface area contributed by atoms with Gasteiger partial charge in [-0.05, 0) is 24.5 Å². The van der Waals surface area contributed by atoms with Crippen molar-refractivity contribution in [1.29, 1.82) is 0 Å². The molecule has 1 aromatic carbocycles. The number of carbonyl (C=O) groups excluding carboxylic acids is 1. The first-order chi connectivity index (χ1) is 9.02. The summed E-state index contributed by atoms with van der Waals surface area (Å²) in [5.74, 6) is -1.52. The highest BCUT2D eigenvalue weighted by molar-refractivity contribution is 5.86. The zero-order valence-corrected chi connectivity index (χ0v) is 11.3. The highest BCUT2D eigenvalue weighted by Gasteiger charge is 2.36. The number of nitrogens with zero attached hydrogens (tertiary/aromatic N) is 1. The number of rotatable bonds is 4. The minimum atomic E-state index is -0.885. The van der Waals surface area contributed by atoms with Gasteiger partial charge in [0, 0.05) is 13.0 Å². The van der Waals surface area contributed by atoms with Crippen LogP contribution in [0.4, 0.5) is 0 Å². The second-order valence-electron chi connectivity index (χ2n) is 5.06. The molecule has 1 N–H and O–H groups in total. The van der Waals surface area contributed by atoms with Gasteiger partial charge in [-0.25, -0.2) is 0 Å². The number of carboxylic acid groups (broad SMARTS) is 1. The van der Waals surface area contributed by atoms with E-state index in [2.05, 4.69) is 19.1 Å². The minimum Gasteiger partial charge on any atom is -0.481 e. The molecule has 19 heavy (non-hydrogen) atoms. The number of benzene rings is 1. The standard InChI is InChI=1S/C15H19NO3/c1-3-11-4-6-12(7-5-11)10(2)16-9-13(15(18)19)8-14(16)17/h4-7,10,13H,3,8-9H2,1-2H3,(H,18,19). The molecule has 2 rings (SSSR count). The van der Waals surface area contributed by atoms with Crippen LogP contribution in [0.3, 0.4) is 0 Å². The maximum atomic E-state index is 11.9. The third-order valence-corrected chi connectivity index (χ3v) is 3.85. The van der Waals surface area contributed by atoms with E-state index in [1.807, 2.05) is 19.1 Å². The van der Waals surface area contributed by atoms with Crippen molar-refractivity contribution in [2.75, 3.05) is 6.54 Å². The van der Waals surface area contributed by atoms with E-state index in [0.29, 0.717) is 6.54 Å². The zero-order chi connectivity index (χ0) is 14.0. The number of aliphatic carboxylic acids is 1. The Balaban J connectivity index is 2.12. The van der Waals surface area contributed by atoms with Crippen LogP contribution in [0.2, 0.25) is 0 Å². The van der Waals surface area contributed by atoms with Crippen LogP contribution in [0.15, 0.2) is 24.3 Å². The molecule has 0 spiro atoms. The number of hydrogen-bond donors (Lipinski definition) is 1. The fourth-order valence-electron chi connectivity index (χ4n) is 2.48. The predicted molar refractivity (Wildman–Crippen MR) is 71.7 cm³/mol. The largest absolute Gasteiger partial charge is 0.481 e. The van der Waals surface area contributed by atoms with Crippen molar-refractivity contribution in [1.82, 2.24) is 4.90 Å². The number of likely N-dealkylation sites (tertiary alicyclic amines) is 1. The van der Waals surface area contributed by atoms with Crippen LogP contribution in [0.1, 0.15) is 37.4 Å². The summed E-state index contributed by atoms with van der Waals surface area (Å²) < 4.78 is 0. The molecular weight excluding hydrogens is 242 g/mol. The van der Waals surface area contributed by atoms with Crippen LogP contribution in [-0.2, 0) is 16.0 Å². The summed E-state index contributed by atoms with van der Waals surface area (Å²) in [5.41, 5.74) is 2.31. The molecule has 1 aliphatic heterocycles. The summed E-state index contributed by atoms with van der Waals surface area (Å²) in [5, 5.41) is 8.99. The number of aryl methyl sites for hydroxylation is 1. The second-order valence-corrected chi connectivity index (χ2v) is 5.06. The smallest absolute Gasteiger partial charge is 0.308 e. The maximum Gasteiger partial charge on any atom is 0.308 e. The van der Waals surface area contributed by atoms with E-state index in [0.717, 1.165) is 12.0 Å². The molecule has 102 valence electrons. The van der Waals surface area contributed by atoms with E-state index in [1.54, 1.807) is 4.90 Å². The second kappa shape index (κ2) is 5.43. The normalized spacial score (nSPS) is 20.6. The number of carboxylic acids is 1. The molecule has 2 unspecified atom stereocenters. The van der Waals surface area contributed by atoms with Gasteiger partial charge >= 0.3 is 5.97 Å². The summed E-state index contributed by atoms with van der Waals surface area (Å²) in [6, 6.07) is 8.08. The lowest BCUT2D eigenvalue weighted by atomic mass is 10.0. The quantitative estimate of drug-likeness (QED) is 0.904. The zero-order valence-electron chi connectivity index (χ0n) is 11.3. The highest BCUT2D eigenvalue weighted by Crippen LogP contribution is 2.28. The van der Waals surface area contributed by atoms with Crippen molar-refractivity contribution in [3.05, 3.63) is 35.4 Å². The Kier molecular flexibility index (Phi) is 3.88. The van der Waals surface area contributed by atoms with Gasteiger partial charge in [-0.3, -0.25) is 9.59 Å². The van der Waals surface area contributed by atoms with Crippen molar-refractivity contribution >= 4 is 11.9 Å². The van der Waals surface area contributed by atoms with Crippen LogP contribution in [-0.4, -0.2) is 28.4 Å². The first-order valence-corrected chi connectivity index (χ1v) is 6.64. The van der Waals surface area contributed by atoms with Crippen molar-refractivity contribution < 1.29 is 14.7 Å². The maximum absolute atomic E-state index is 11.9. The molecule has 4 heteroatoms. The fraction of sp³-hybridized carbons (Fsp3) is 0.467. The topological polar surface area (TPSA) is 57.6 Å². The SMILES string of the molecule is CCc1ccc(C(C)N2CC(C(=O)O)CC2=O)cc1. The fourth-order valence-corrected chi connectivity index (χ4v) is 2.48. The van der Waals surface area contributed by atoms with E-state index in [1.165, 1.54) is 5.56 Å². The Labute approximate surface area is 113 Å². The molecule has 1 aliphatic rings. The summed E-state index contributed by atoms with van der Waals surface area (Å²) in [6.45, 7) is 4.35. The van der Waals surface area contributed by atoms with Gasteiger partial charge in [0.05, 0.1) is 12.0 Å². The monoisotopic (exact) mass is 261 g/mol. The van der Waals surface area contributed by atoms with Crippen molar-refractivity contribution in [3.63, 3.8) is 0 Å². The Morgan fingerprint density at radius 1 is 1.42 bits per heavy atom. The molecule has 0 saturated carbocycles. The van der Waals surface area contributed by atoms with Gasteiger partial charge in [0.15, 0.2) is 0 Å². The van der Waals surface area contributed by atoms with Gasteiger partial charge in [0.1, 0.15) is 0 Å². The van der Waals surface area contributed by atoms with Crippen LogP contribution >= 0.6 is 0 Å². The summed E-state index contributed by atoms with van der Waals surface area (Å²) in [4.78, 5) is 24.5. The van der Waals surface area contributed by atoms with Crippen molar-refractivity contribution in [2.24, 2.45) is 5.92 Å². The Hall–Kier alpha value is -1.84. The summed E-state index contributed by atoms with van der Waals surface area (Å²) in [6.07, 6.45) is 1.10. The molecule has 1 amide bonds. The van der Waals surface area contributed by atoms with Crippen LogP contribution in [0.25, 0.3) is 0 Å². The molecule has 0 bridgehead atoms. The van der Waals surface area contributed by atoms with Gasteiger partial charge in [-0.2, -0.15) is 0 Å². The average molecular weight is 261 g/mol. The molecule has 4 nitrogen and oxygen atoms in total. The average Bonchev–Trinajstić information content (AvgIpc) is 2.80. The lowest BCUT2D eigenvalue weighted by molar-refractivity contribution is -0.141. The molecule has 0 aliphatic carbocycles. The number of amides is 1. The predicted octanol–water partition coefficient (Wildman–Crippen LogP) is 2.24. The summed E-state index contributed by atoms with van der Waals surface area (Å²) in [7, 11) is 0. The molecule has 0 aromatic heterocycles. The van der Waals surface area contributed by atoms with Crippen LogP contribution < -0.4 is 0 Å². The first kappa shape index (κ1) is 13.6. The lowest BCUT2D eigenvalue weighted by Crippen LogP contribution is -2.29. The van der Waals surface area contributed by atoms with Gasteiger partial charge < -0.3 is 10.0 Å². The molecule has 0 radical (unpaired) electrons. The third-order valence-electron chi connectivity index (χ3n) is 3.85. The molecule has 1 saturated heterocycles. The highest BCUT2D eigenvalue weighted by atomic mass is 16.4. The van der Waals surface area contributed by atoms with Crippen molar-refractivity contribution in [2.45, 2.75) is 32.7 Å². The van der Waals surface area contributed by atoms with Gasteiger partial charge in [0.25, 0.3) is 0 Å². The van der Waals surface area contributed by atoms with E-state index in [-0.39, 0.29) is 18.4 Å². The summed E-state index contributed by atoms with van der Waals surface area (Å²) >= 11 is 0.